The van der Waals surface area contributed by atoms with E-state index in [2.05, 4.69) is 21.2 Å². The first-order valence-electron chi connectivity index (χ1n) is 8.37. The molecule has 0 saturated heterocycles. The van der Waals surface area contributed by atoms with Gasteiger partial charge < -0.3 is 19.9 Å². The summed E-state index contributed by atoms with van der Waals surface area (Å²) in [5, 5.41) is 14.2. The maximum atomic E-state index is 12.0. The molecule has 1 aromatic heterocycles. The number of carbonyl (C=O) groups is 1. The predicted molar refractivity (Wildman–Crippen MR) is 112 cm³/mol. The number of sulfone groups is 1. The number of rotatable bonds is 10. The summed E-state index contributed by atoms with van der Waals surface area (Å²) in [6.45, 7) is 2.48. The Morgan fingerprint density at radius 2 is 2.07 bits per heavy atom. The van der Waals surface area contributed by atoms with Crippen LogP contribution in [0.3, 0.4) is 0 Å². The molecule has 0 aliphatic heterocycles. The van der Waals surface area contributed by atoms with Gasteiger partial charge in [-0.25, -0.2) is 13.2 Å². The molecule has 0 amide bonds. The zero-order chi connectivity index (χ0) is 20.9. The van der Waals surface area contributed by atoms with Crippen molar-refractivity contribution in [2.75, 3.05) is 25.7 Å². The van der Waals surface area contributed by atoms with E-state index in [0.29, 0.717) is 33.7 Å². The Hall–Kier alpha value is -1.62. The highest BCUT2D eigenvalue weighted by molar-refractivity contribution is 9.10. The molecule has 0 saturated carbocycles. The fourth-order valence-corrected chi connectivity index (χ4v) is 5.14. The second-order valence-corrected chi connectivity index (χ2v) is 9.98. The molecule has 0 fully saturated rings. The normalized spacial score (nSPS) is 12.6. The molecule has 28 heavy (non-hydrogen) atoms. The van der Waals surface area contributed by atoms with Gasteiger partial charge in [-0.15, -0.1) is 11.3 Å². The topological polar surface area (TPSA) is 102 Å². The van der Waals surface area contributed by atoms with Crippen molar-refractivity contribution in [2.24, 2.45) is 0 Å². The first-order chi connectivity index (χ1) is 13.2. The Labute approximate surface area is 176 Å². The maximum absolute atomic E-state index is 12.0. The first-order valence-corrected chi connectivity index (χ1v) is 12.1. The van der Waals surface area contributed by atoms with Gasteiger partial charge in [-0.3, -0.25) is 0 Å². The number of hydrogen-bond acceptors (Lipinski definition) is 7. The molecule has 2 aromatic rings. The van der Waals surface area contributed by atoms with E-state index in [4.69, 9.17) is 9.47 Å². The number of thiophene rings is 1. The third-order valence-electron chi connectivity index (χ3n) is 3.92. The number of carboxylic acids is 1. The average Bonchev–Trinajstić information content (AvgIpc) is 2.99. The SMILES string of the molecule is CCOc1cc(C(CS(C)(=O)=O)NCc2c(Br)csc2C(=O)O)ccc1OC. The van der Waals surface area contributed by atoms with Gasteiger partial charge in [-0.2, -0.15) is 0 Å². The number of carboxylic acid groups (broad SMARTS) is 1. The Morgan fingerprint density at radius 3 is 2.64 bits per heavy atom. The fraction of sp³-hybridized carbons (Fsp3) is 0.389. The van der Waals surface area contributed by atoms with Gasteiger partial charge in [0.15, 0.2) is 11.5 Å². The van der Waals surface area contributed by atoms with Crippen molar-refractivity contribution in [3.8, 4) is 11.5 Å². The van der Waals surface area contributed by atoms with E-state index in [1.807, 2.05) is 6.92 Å². The van der Waals surface area contributed by atoms with Crippen LogP contribution in [-0.4, -0.2) is 45.2 Å². The van der Waals surface area contributed by atoms with Crippen molar-refractivity contribution in [1.29, 1.82) is 0 Å². The van der Waals surface area contributed by atoms with Gasteiger partial charge in [0.05, 0.1) is 19.5 Å². The van der Waals surface area contributed by atoms with Crippen molar-refractivity contribution < 1.29 is 27.8 Å². The fourth-order valence-electron chi connectivity index (χ4n) is 2.68. The van der Waals surface area contributed by atoms with Crippen LogP contribution in [0.2, 0.25) is 0 Å². The third kappa shape index (κ3) is 5.94. The smallest absolute Gasteiger partial charge is 0.346 e. The molecule has 154 valence electrons. The van der Waals surface area contributed by atoms with E-state index in [1.54, 1.807) is 23.6 Å². The molecule has 2 rings (SSSR count). The number of hydrogen-bond donors (Lipinski definition) is 2. The number of aromatic carboxylic acids is 1. The quantitative estimate of drug-likeness (QED) is 0.524. The van der Waals surface area contributed by atoms with Crippen LogP contribution in [-0.2, 0) is 16.4 Å². The second kappa shape index (κ2) is 9.73. The van der Waals surface area contributed by atoms with E-state index < -0.39 is 21.8 Å². The third-order valence-corrected chi connectivity index (χ3v) is 6.88. The minimum Gasteiger partial charge on any atom is -0.493 e. The molecule has 1 heterocycles. The highest BCUT2D eigenvalue weighted by atomic mass is 79.9. The van der Waals surface area contributed by atoms with E-state index >= 15 is 0 Å². The van der Waals surface area contributed by atoms with Crippen LogP contribution in [0, 0.1) is 0 Å². The van der Waals surface area contributed by atoms with E-state index in [-0.39, 0.29) is 17.2 Å². The molecule has 0 radical (unpaired) electrons. The van der Waals surface area contributed by atoms with Gasteiger partial charge in [0.2, 0.25) is 0 Å². The van der Waals surface area contributed by atoms with E-state index in [0.717, 1.165) is 17.6 Å². The molecular formula is C18H22BrNO6S2. The van der Waals surface area contributed by atoms with E-state index in [1.165, 1.54) is 7.11 Å². The molecule has 10 heteroatoms. The van der Waals surface area contributed by atoms with Crippen molar-refractivity contribution in [1.82, 2.24) is 5.32 Å². The summed E-state index contributed by atoms with van der Waals surface area (Å²) in [4.78, 5) is 11.6. The predicted octanol–water partition coefficient (Wildman–Crippen LogP) is 3.49. The Bertz CT molecular complexity index is 942. The van der Waals surface area contributed by atoms with Gasteiger partial charge in [0.25, 0.3) is 0 Å². The molecule has 0 spiro atoms. The maximum Gasteiger partial charge on any atom is 0.346 e. The zero-order valence-corrected chi connectivity index (χ0v) is 18.9. The lowest BCUT2D eigenvalue weighted by Crippen LogP contribution is -2.28. The lowest BCUT2D eigenvalue weighted by molar-refractivity contribution is 0.0700. The summed E-state index contributed by atoms with van der Waals surface area (Å²) in [5.74, 6) is -0.0897. The lowest BCUT2D eigenvalue weighted by Gasteiger charge is -2.20. The molecule has 1 atom stereocenters. The molecule has 7 nitrogen and oxygen atoms in total. The largest absolute Gasteiger partial charge is 0.493 e. The van der Waals surface area contributed by atoms with Crippen LogP contribution < -0.4 is 14.8 Å². The Kier molecular flexibility index (Phi) is 7.87. The number of methoxy groups -OCH3 is 1. The van der Waals surface area contributed by atoms with Crippen molar-refractivity contribution in [3.63, 3.8) is 0 Å². The summed E-state index contributed by atoms with van der Waals surface area (Å²) >= 11 is 4.47. The molecular weight excluding hydrogens is 470 g/mol. The molecule has 0 aliphatic rings. The minimum absolute atomic E-state index is 0.144. The summed E-state index contributed by atoms with van der Waals surface area (Å²) in [6.07, 6.45) is 1.16. The average molecular weight is 492 g/mol. The van der Waals surface area contributed by atoms with Crippen molar-refractivity contribution >= 4 is 43.1 Å². The number of halogens is 1. The zero-order valence-electron chi connectivity index (χ0n) is 15.7. The minimum atomic E-state index is -3.30. The van der Waals surface area contributed by atoms with E-state index in [9.17, 15) is 18.3 Å². The van der Waals surface area contributed by atoms with Gasteiger partial charge in [-0.05, 0) is 40.5 Å². The number of ether oxygens (including phenoxy) is 2. The summed E-state index contributed by atoms with van der Waals surface area (Å²) in [5.41, 5.74) is 1.28. The van der Waals surface area contributed by atoms with Gasteiger partial charge in [0, 0.05) is 34.3 Å². The molecule has 2 N–H and O–H groups in total. The first kappa shape index (κ1) is 22.7. The highest BCUT2D eigenvalue weighted by Crippen LogP contribution is 2.32. The van der Waals surface area contributed by atoms with Gasteiger partial charge >= 0.3 is 5.97 Å². The Balaban J connectivity index is 2.34. The molecule has 0 bridgehead atoms. The summed E-state index contributed by atoms with van der Waals surface area (Å²) in [6, 6.07) is 4.69. The van der Waals surface area contributed by atoms with Crippen LogP contribution in [0.5, 0.6) is 11.5 Å². The standard InChI is InChI=1S/C18H22BrNO6S2/c1-4-26-16-7-11(5-6-15(16)25-2)14(10-28(3,23)24)20-8-12-13(19)9-27-17(12)18(21)22/h5-7,9,14,20H,4,8,10H2,1-3H3,(H,21,22). The second-order valence-electron chi connectivity index (χ2n) is 6.07. The van der Waals surface area contributed by atoms with Crippen LogP contribution in [0.1, 0.15) is 33.8 Å². The van der Waals surface area contributed by atoms with Crippen molar-refractivity contribution in [2.45, 2.75) is 19.5 Å². The monoisotopic (exact) mass is 491 g/mol. The van der Waals surface area contributed by atoms with Gasteiger partial charge in [-0.1, -0.05) is 6.07 Å². The van der Waals surface area contributed by atoms with Crippen LogP contribution in [0.15, 0.2) is 28.1 Å². The summed E-state index contributed by atoms with van der Waals surface area (Å²) < 4.78 is 35.4. The Morgan fingerprint density at radius 1 is 1.36 bits per heavy atom. The van der Waals surface area contributed by atoms with Crippen LogP contribution in [0.25, 0.3) is 0 Å². The van der Waals surface area contributed by atoms with Crippen LogP contribution in [0.4, 0.5) is 0 Å². The van der Waals surface area contributed by atoms with Crippen LogP contribution >= 0.6 is 27.3 Å². The molecule has 0 aliphatic carbocycles. The highest BCUT2D eigenvalue weighted by Gasteiger charge is 2.22. The molecule has 1 unspecified atom stereocenters. The molecule has 1 aromatic carbocycles. The van der Waals surface area contributed by atoms with Gasteiger partial charge in [0.1, 0.15) is 14.7 Å². The summed E-state index contributed by atoms with van der Waals surface area (Å²) in [7, 11) is -1.77. The lowest BCUT2D eigenvalue weighted by atomic mass is 10.1. The number of benzene rings is 1. The number of nitrogens with one attached hydrogen (secondary N) is 1. The van der Waals surface area contributed by atoms with Crippen molar-refractivity contribution in [3.05, 3.63) is 44.1 Å².